The lowest BCUT2D eigenvalue weighted by Crippen LogP contribution is -2.46. The maximum absolute atomic E-state index is 13.2. The SMILES string of the molecule is Cc1c(C(F)(F)F)c(=O)[nH]c2cc(CN3CCN(c4ccc5c(n4)CNC5=O)CC3)cnc12. The Morgan fingerprint density at radius 2 is 1.88 bits per heavy atom. The maximum atomic E-state index is 13.2. The second-order valence-electron chi connectivity index (χ2n) is 8.30. The van der Waals surface area contributed by atoms with Gasteiger partial charge in [0, 0.05) is 38.9 Å². The van der Waals surface area contributed by atoms with Gasteiger partial charge in [-0.3, -0.25) is 19.5 Å². The number of aryl methyl sites for hydroxylation is 1. The number of hydrogen-bond donors (Lipinski definition) is 2. The van der Waals surface area contributed by atoms with Crippen LogP contribution in [0.25, 0.3) is 11.0 Å². The number of anilines is 1. The molecule has 1 saturated heterocycles. The molecule has 0 radical (unpaired) electrons. The molecule has 0 aromatic carbocycles. The average Bonchev–Trinajstić information content (AvgIpc) is 3.13. The number of aromatic nitrogens is 3. The van der Waals surface area contributed by atoms with E-state index in [0.717, 1.165) is 43.3 Å². The van der Waals surface area contributed by atoms with E-state index in [2.05, 4.69) is 30.1 Å². The molecular weight excluding hydrogens is 437 g/mol. The lowest BCUT2D eigenvalue weighted by atomic mass is 10.1. The number of aromatic amines is 1. The number of fused-ring (bicyclic) bond motifs is 2. The Kier molecular flexibility index (Phi) is 5.08. The summed E-state index contributed by atoms with van der Waals surface area (Å²) in [5.41, 5.74) is 0.117. The van der Waals surface area contributed by atoms with Gasteiger partial charge < -0.3 is 15.2 Å². The smallest absolute Gasteiger partial charge is 0.354 e. The van der Waals surface area contributed by atoms with Gasteiger partial charge in [-0.15, -0.1) is 0 Å². The lowest BCUT2D eigenvalue weighted by Gasteiger charge is -2.35. The minimum atomic E-state index is -4.73. The van der Waals surface area contributed by atoms with Gasteiger partial charge >= 0.3 is 6.18 Å². The summed E-state index contributed by atoms with van der Waals surface area (Å²) < 4.78 is 39.5. The summed E-state index contributed by atoms with van der Waals surface area (Å²) in [6.07, 6.45) is -3.17. The first-order valence-electron chi connectivity index (χ1n) is 10.5. The second-order valence-corrected chi connectivity index (χ2v) is 8.30. The highest BCUT2D eigenvalue weighted by molar-refractivity contribution is 5.97. The Hall–Kier alpha value is -3.47. The summed E-state index contributed by atoms with van der Waals surface area (Å²) in [6, 6.07) is 5.36. The Labute approximate surface area is 186 Å². The minimum Gasteiger partial charge on any atom is -0.354 e. The molecule has 1 fully saturated rings. The van der Waals surface area contributed by atoms with Crippen LogP contribution in [0.1, 0.15) is 32.7 Å². The molecule has 1 amide bonds. The molecule has 2 aliphatic heterocycles. The third-order valence-corrected chi connectivity index (χ3v) is 6.16. The van der Waals surface area contributed by atoms with E-state index in [1.54, 1.807) is 18.3 Å². The molecule has 8 nitrogen and oxygen atoms in total. The number of nitrogens with zero attached hydrogens (tertiary/aromatic N) is 4. The standard InChI is InChI=1S/C22H21F3N6O2/c1-12-18(22(23,24)25)21(33)29-15-8-13(9-26-19(12)15)11-30-4-6-31(7-5-30)17-3-2-14-16(28-17)10-27-20(14)32/h2-3,8-9H,4-7,10-11H2,1H3,(H,27,32)(H,29,33). The maximum Gasteiger partial charge on any atom is 0.422 e. The molecule has 0 atom stereocenters. The molecule has 2 N–H and O–H groups in total. The van der Waals surface area contributed by atoms with E-state index in [-0.39, 0.29) is 17.0 Å². The molecule has 5 rings (SSSR count). The third kappa shape index (κ3) is 3.92. The molecule has 5 heterocycles. The molecule has 3 aromatic heterocycles. The highest BCUT2D eigenvalue weighted by Gasteiger charge is 2.37. The number of alkyl halides is 3. The van der Waals surface area contributed by atoms with Crippen molar-refractivity contribution < 1.29 is 18.0 Å². The summed E-state index contributed by atoms with van der Waals surface area (Å²) in [5.74, 6) is 0.745. The monoisotopic (exact) mass is 458 g/mol. The molecule has 172 valence electrons. The van der Waals surface area contributed by atoms with Crippen molar-refractivity contribution in [3.05, 3.63) is 62.7 Å². The van der Waals surface area contributed by atoms with E-state index >= 15 is 0 Å². The number of piperazine rings is 1. The highest BCUT2D eigenvalue weighted by Crippen LogP contribution is 2.31. The zero-order valence-electron chi connectivity index (χ0n) is 17.8. The molecular formula is C22H21F3N6O2. The van der Waals surface area contributed by atoms with Crippen LogP contribution in [0.15, 0.2) is 29.2 Å². The zero-order chi connectivity index (χ0) is 23.3. The van der Waals surface area contributed by atoms with Crippen LogP contribution >= 0.6 is 0 Å². The average molecular weight is 458 g/mol. The highest BCUT2D eigenvalue weighted by atomic mass is 19.4. The Bertz CT molecular complexity index is 1310. The predicted octanol–water partition coefficient (Wildman–Crippen LogP) is 2.21. The van der Waals surface area contributed by atoms with E-state index in [1.165, 1.54) is 6.92 Å². The number of H-pyrrole nitrogens is 1. The fourth-order valence-corrected chi connectivity index (χ4v) is 4.46. The van der Waals surface area contributed by atoms with Gasteiger partial charge in [-0.05, 0) is 36.2 Å². The Morgan fingerprint density at radius 1 is 1.12 bits per heavy atom. The van der Waals surface area contributed by atoms with Crippen molar-refractivity contribution >= 4 is 22.8 Å². The summed E-state index contributed by atoms with van der Waals surface area (Å²) in [5, 5.41) is 2.77. The van der Waals surface area contributed by atoms with Gasteiger partial charge in [0.2, 0.25) is 0 Å². The number of carbonyl (C=O) groups excluding carboxylic acids is 1. The molecule has 2 aliphatic rings. The summed E-state index contributed by atoms with van der Waals surface area (Å²) in [4.78, 5) is 39.3. The van der Waals surface area contributed by atoms with Crippen LogP contribution in [-0.2, 0) is 19.3 Å². The normalized spacial score (nSPS) is 16.8. The fourth-order valence-electron chi connectivity index (χ4n) is 4.46. The van der Waals surface area contributed by atoms with Gasteiger partial charge in [0.05, 0.1) is 28.8 Å². The van der Waals surface area contributed by atoms with E-state index in [9.17, 15) is 22.8 Å². The zero-order valence-corrected chi connectivity index (χ0v) is 17.8. The Balaban J connectivity index is 1.28. The van der Waals surface area contributed by atoms with Crippen LogP contribution < -0.4 is 15.8 Å². The number of halogens is 3. The van der Waals surface area contributed by atoms with E-state index < -0.39 is 17.3 Å². The summed E-state index contributed by atoms with van der Waals surface area (Å²) in [7, 11) is 0. The van der Waals surface area contributed by atoms with Gasteiger partial charge in [0.25, 0.3) is 11.5 Å². The number of amides is 1. The van der Waals surface area contributed by atoms with E-state index in [0.29, 0.717) is 24.2 Å². The Morgan fingerprint density at radius 3 is 2.61 bits per heavy atom. The first kappa shape index (κ1) is 21.4. The van der Waals surface area contributed by atoms with Gasteiger partial charge in [-0.25, -0.2) is 4.98 Å². The van der Waals surface area contributed by atoms with Gasteiger partial charge in [0.15, 0.2) is 0 Å². The van der Waals surface area contributed by atoms with Crippen LogP contribution in [0.5, 0.6) is 0 Å². The van der Waals surface area contributed by atoms with Crippen molar-refractivity contribution in [2.75, 3.05) is 31.1 Å². The van der Waals surface area contributed by atoms with E-state index in [4.69, 9.17) is 0 Å². The molecule has 0 spiro atoms. The van der Waals surface area contributed by atoms with Crippen molar-refractivity contribution in [2.45, 2.75) is 26.2 Å². The van der Waals surface area contributed by atoms with Crippen molar-refractivity contribution in [2.24, 2.45) is 0 Å². The molecule has 3 aromatic rings. The summed E-state index contributed by atoms with van der Waals surface area (Å²) >= 11 is 0. The minimum absolute atomic E-state index is 0.0935. The van der Waals surface area contributed by atoms with Gasteiger partial charge in [-0.2, -0.15) is 13.2 Å². The number of hydrogen-bond acceptors (Lipinski definition) is 6. The van der Waals surface area contributed by atoms with Crippen LogP contribution in [0.2, 0.25) is 0 Å². The molecule has 0 saturated carbocycles. The number of carbonyl (C=O) groups is 1. The second kappa shape index (κ2) is 7.84. The number of rotatable bonds is 3. The molecule has 11 heteroatoms. The predicted molar refractivity (Wildman–Crippen MR) is 115 cm³/mol. The number of pyridine rings is 3. The third-order valence-electron chi connectivity index (χ3n) is 6.16. The first-order valence-corrected chi connectivity index (χ1v) is 10.5. The fraction of sp³-hybridized carbons (Fsp3) is 0.364. The van der Waals surface area contributed by atoms with Crippen molar-refractivity contribution in [3.63, 3.8) is 0 Å². The lowest BCUT2D eigenvalue weighted by molar-refractivity contribution is -0.139. The number of nitrogens with one attached hydrogen (secondary N) is 2. The molecule has 0 bridgehead atoms. The van der Waals surface area contributed by atoms with Gasteiger partial charge in [0.1, 0.15) is 11.4 Å². The van der Waals surface area contributed by atoms with Crippen LogP contribution in [0.4, 0.5) is 19.0 Å². The van der Waals surface area contributed by atoms with E-state index in [1.807, 2.05) is 6.07 Å². The van der Waals surface area contributed by atoms with Crippen LogP contribution in [0, 0.1) is 6.92 Å². The quantitative estimate of drug-likeness (QED) is 0.625. The largest absolute Gasteiger partial charge is 0.422 e. The topological polar surface area (TPSA) is 94.2 Å². The van der Waals surface area contributed by atoms with Crippen LogP contribution in [0.3, 0.4) is 0 Å². The first-order chi connectivity index (χ1) is 15.7. The van der Waals surface area contributed by atoms with Crippen molar-refractivity contribution in [3.8, 4) is 0 Å². The van der Waals surface area contributed by atoms with Crippen molar-refractivity contribution in [1.29, 1.82) is 0 Å². The molecule has 33 heavy (non-hydrogen) atoms. The summed E-state index contributed by atoms with van der Waals surface area (Å²) in [6.45, 7) is 5.30. The van der Waals surface area contributed by atoms with Gasteiger partial charge in [-0.1, -0.05) is 0 Å². The molecule has 0 unspecified atom stereocenters. The van der Waals surface area contributed by atoms with Crippen molar-refractivity contribution in [1.82, 2.24) is 25.2 Å². The van der Waals surface area contributed by atoms with Crippen LogP contribution in [-0.4, -0.2) is 51.9 Å². The molecule has 0 aliphatic carbocycles.